The summed E-state index contributed by atoms with van der Waals surface area (Å²) < 4.78 is 33.8. The van der Waals surface area contributed by atoms with Crippen LogP contribution in [-0.2, 0) is 20.9 Å². The Morgan fingerprint density at radius 2 is 1.88 bits per heavy atom. The Balaban J connectivity index is 0.000000470. The summed E-state index contributed by atoms with van der Waals surface area (Å²) in [4.78, 5) is 44.6. The molecule has 5 rings (SSSR count). The summed E-state index contributed by atoms with van der Waals surface area (Å²) in [6.45, 7) is 6.61. The minimum Gasteiger partial charge on any atom is -0.475 e. The molecule has 1 spiro atoms. The van der Waals surface area contributed by atoms with Gasteiger partial charge in [0.05, 0.1) is 5.41 Å². The molecule has 2 saturated heterocycles. The second-order valence-electron chi connectivity index (χ2n) is 10.9. The number of carbonyl (C=O) groups excluding carboxylic acids is 2. The number of aliphatic carboxylic acids is 1. The third kappa shape index (κ3) is 6.05. The number of carboxylic acids is 1. The van der Waals surface area contributed by atoms with Crippen molar-refractivity contribution in [2.75, 3.05) is 19.6 Å². The molecule has 0 saturated carbocycles. The predicted octanol–water partition coefficient (Wildman–Crippen LogP) is 4.19. The van der Waals surface area contributed by atoms with E-state index in [-0.39, 0.29) is 29.7 Å². The van der Waals surface area contributed by atoms with E-state index in [1.165, 1.54) is 0 Å². The Kier molecular flexibility index (Phi) is 8.65. The molecule has 12 heteroatoms. The van der Waals surface area contributed by atoms with Gasteiger partial charge in [-0.15, -0.1) is 0 Å². The van der Waals surface area contributed by atoms with Crippen LogP contribution in [0.15, 0.2) is 48.9 Å². The first-order valence-electron chi connectivity index (χ1n) is 13.4. The van der Waals surface area contributed by atoms with Gasteiger partial charge in [-0.1, -0.05) is 18.2 Å². The van der Waals surface area contributed by atoms with Gasteiger partial charge in [0.1, 0.15) is 0 Å². The monoisotopic (exact) mass is 561 g/mol. The lowest BCUT2D eigenvalue weighted by Gasteiger charge is -2.42. The van der Waals surface area contributed by atoms with Gasteiger partial charge in [-0.05, 0) is 57.2 Å². The number of rotatable bonds is 5. The third-order valence-corrected chi connectivity index (χ3v) is 7.86. The molecule has 2 aromatic heterocycles. The van der Waals surface area contributed by atoms with E-state index in [0.29, 0.717) is 19.6 Å². The molecule has 0 bridgehead atoms. The Labute approximate surface area is 230 Å². The maximum absolute atomic E-state index is 14.2. The van der Waals surface area contributed by atoms with Crippen LogP contribution in [-0.4, -0.2) is 73.3 Å². The Bertz CT molecular complexity index is 1240. The van der Waals surface area contributed by atoms with Crippen LogP contribution in [0.4, 0.5) is 13.2 Å². The van der Waals surface area contributed by atoms with Crippen molar-refractivity contribution in [2.24, 2.45) is 11.3 Å². The van der Waals surface area contributed by atoms with E-state index in [1.807, 2.05) is 45.1 Å². The quantitative estimate of drug-likeness (QED) is 0.549. The molecule has 2 atom stereocenters. The Morgan fingerprint density at radius 3 is 2.48 bits per heavy atom. The van der Waals surface area contributed by atoms with Crippen molar-refractivity contribution in [3.63, 3.8) is 0 Å². The lowest BCUT2D eigenvalue weighted by molar-refractivity contribution is -0.192. The van der Waals surface area contributed by atoms with E-state index in [1.54, 1.807) is 6.20 Å². The lowest BCUT2D eigenvalue weighted by atomic mass is 9.70. The van der Waals surface area contributed by atoms with Gasteiger partial charge in [-0.25, -0.2) is 4.79 Å². The van der Waals surface area contributed by atoms with E-state index in [2.05, 4.69) is 36.1 Å². The molecule has 40 heavy (non-hydrogen) atoms. The fraction of sp³-hybridized carbons (Fsp3) is 0.536. The third-order valence-electron chi connectivity index (χ3n) is 7.86. The van der Waals surface area contributed by atoms with E-state index in [4.69, 9.17) is 9.90 Å². The minimum atomic E-state index is -5.08. The van der Waals surface area contributed by atoms with E-state index >= 15 is 0 Å². The number of carboxylic acid groups (broad SMARTS) is 1. The zero-order valence-corrected chi connectivity index (χ0v) is 22.5. The van der Waals surface area contributed by atoms with E-state index < -0.39 is 17.6 Å². The first-order chi connectivity index (χ1) is 18.9. The van der Waals surface area contributed by atoms with Gasteiger partial charge in [-0.2, -0.15) is 18.3 Å². The van der Waals surface area contributed by atoms with Gasteiger partial charge in [0.2, 0.25) is 11.8 Å². The molecule has 4 heterocycles. The number of amides is 2. The molecular formula is C28H34F3N5O4. The lowest BCUT2D eigenvalue weighted by Crippen LogP contribution is -2.52. The molecule has 2 aromatic rings. The van der Waals surface area contributed by atoms with Gasteiger partial charge in [0, 0.05) is 68.3 Å². The molecule has 2 fully saturated rings. The molecule has 216 valence electrons. The molecule has 2 amide bonds. The summed E-state index contributed by atoms with van der Waals surface area (Å²) in [6.07, 6.45) is 7.87. The Morgan fingerprint density at radius 1 is 1.18 bits per heavy atom. The predicted molar refractivity (Wildman–Crippen MR) is 139 cm³/mol. The molecule has 3 aliphatic rings. The van der Waals surface area contributed by atoms with Crippen molar-refractivity contribution >= 4 is 17.8 Å². The van der Waals surface area contributed by atoms with Crippen LogP contribution >= 0.6 is 0 Å². The van der Waals surface area contributed by atoms with Gasteiger partial charge in [0.15, 0.2) is 0 Å². The number of nitrogens with zero attached hydrogens (tertiary/aromatic N) is 5. The number of hydrogen-bond donors (Lipinski definition) is 1. The SMILES string of the molecule is CC(C)n1nccc1[C@@H]1CN(C(=O)C2CC=CC2)C[C@]12CCCN(Cc1cccnc1)C2=O.O=C(O)C(F)(F)F. The van der Waals surface area contributed by atoms with Gasteiger partial charge in [0.25, 0.3) is 0 Å². The molecular weight excluding hydrogens is 527 g/mol. The summed E-state index contributed by atoms with van der Waals surface area (Å²) in [7, 11) is 0. The topological polar surface area (TPSA) is 109 Å². The number of allylic oxidation sites excluding steroid dienone is 2. The van der Waals surface area contributed by atoms with Crippen molar-refractivity contribution < 1.29 is 32.7 Å². The maximum atomic E-state index is 14.2. The standard InChI is InChI=1S/C26H33N5O2.C2HF3O2/c1-19(2)31-23(10-13-28-31)22-17-30(24(32)21-8-3-4-9-21)18-26(22)11-6-14-29(25(26)33)16-20-7-5-12-27-15-20;3-2(4,5)1(6)7/h3-5,7,10,12-13,15,19,21-22H,6,8-9,11,14,16-18H2,1-2H3;(H,6,7)/t22-,26+;/m0./s1. The van der Waals surface area contributed by atoms with Crippen LogP contribution < -0.4 is 0 Å². The van der Waals surface area contributed by atoms with Gasteiger partial charge in [-0.3, -0.25) is 19.3 Å². The van der Waals surface area contributed by atoms with Crippen LogP contribution in [0, 0.1) is 11.3 Å². The highest BCUT2D eigenvalue weighted by Crippen LogP contribution is 2.50. The Hall–Kier alpha value is -3.70. The fourth-order valence-electron chi connectivity index (χ4n) is 6.01. The number of aromatic nitrogens is 3. The average Bonchev–Trinajstić information content (AvgIpc) is 3.67. The van der Waals surface area contributed by atoms with Crippen LogP contribution in [0.2, 0.25) is 0 Å². The second-order valence-corrected chi connectivity index (χ2v) is 10.9. The molecule has 2 aliphatic heterocycles. The first kappa shape index (κ1) is 29.3. The number of halogens is 3. The normalized spacial score (nSPS) is 23.1. The van der Waals surface area contributed by atoms with E-state index in [9.17, 15) is 22.8 Å². The number of pyridine rings is 1. The highest BCUT2D eigenvalue weighted by atomic mass is 19.4. The van der Waals surface area contributed by atoms with Crippen molar-refractivity contribution in [3.05, 3.63) is 60.2 Å². The van der Waals surface area contributed by atoms with E-state index in [0.717, 1.165) is 43.5 Å². The molecule has 1 aliphatic carbocycles. The van der Waals surface area contributed by atoms with Crippen LogP contribution in [0.1, 0.15) is 62.7 Å². The molecule has 0 unspecified atom stereocenters. The highest BCUT2D eigenvalue weighted by molar-refractivity contribution is 5.88. The van der Waals surface area contributed by atoms with Crippen molar-refractivity contribution in [1.82, 2.24) is 24.6 Å². The smallest absolute Gasteiger partial charge is 0.475 e. The van der Waals surface area contributed by atoms with Crippen LogP contribution in [0.3, 0.4) is 0 Å². The summed E-state index contributed by atoms with van der Waals surface area (Å²) in [5.74, 6) is -2.44. The zero-order chi connectivity index (χ0) is 29.1. The van der Waals surface area contributed by atoms with Crippen molar-refractivity contribution in [3.8, 4) is 0 Å². The van der Waals surface area contributed by atoms with Gasteiger partial charge < -0.3 is 14.9 Å². The van der Waals surface area contributed by atoms with Crippen molar-refractivity contribution in [1.29, 1.82) is 0 Å². The minimum absolute atomic E-state index is 0.0148. The average molecular weight is 562 g/mol. The number of piperidine rings is 1. The zero-order valence-electron chi connectivity index (χ0n) is 22.5. The molecule has 1 N–H and O–H groups in total. The second kappa shape index (κ2) is 11.8. The van der Waals surface area contributed by atoms with Crippen LogP contribution in [0.5, 0.6) is 0 Å². The maximum Gasteiger partial charge on any atom is 0.490 e. The van der Waals surface area contributed by atoms with Crippen LogP contribution in [0.25, 0.3) is 0 Å². The summed E-state index contributed by atoms with van der Waals surface area (Å²) >= 11 is 0. The van der Waals surface area contributed by atoms with Crippen molar-refractivity contribution in [2.45, 2.75) is 64.2 Å². The summed E-state index contributed by atoms with van der Waals surface area (Å²) in [5.41, 5.74) is 1.51. The fourth-order valence-corrected chi connectivity index (χ4v) is 6.01. The summed E-state index contributed by atoms with van der Waals surface area (Å²) in [6, 6.07) is 6.17. The molecule has 9 nitrogen and oxygen atoms in total. The number of hydrogen-bond acceptors (Lipinski definition) is 5. The highest BCUT2D eigenvalue weighted by Gasteiger charge is 2.57. The number of alkyl halides is 3. The van der Waals surface area contributed by atoms with Gasteiger partial charge >= 0.3 is 12.1 Å². The number of carbonyl (C=O) groups is 3. The largest absolute Gasteiger partial charge is 0.490 e. The first-order valence-corrected chi connectivity index (χ1v) is 13.4. The molecule has 0 radical (unpaired) electrons. The number of likely N-dealkylation sites (tertiary alicyclic amines) is 2. The summed E-state index contributed by atoms with van der Waals surface area (Å²) in [5, 5.41) is 11.7. The molecule has 0 aromatic carbocycles.